The van der Waals surface area contributed by atoms with E-state index in [0.717, 1.165) is 0 Å². The molecule has 3 aliphatic rings. The van der Waals surface area contributed by atoms with E-state index < -0.39 is 150 Å². The Labute approximate surface area is 472 Å². The van der Waals surface area contributed by atoms with Gasteiger partial charge >= 0.3 is 11.9 Å². The molecule has 0 bridgehead atoms. The van der Waals surface area contributed by atoms with E-state index in [1.165, 1.54) is 73.5 Å². The summed E-state index contributed by atoms with van der Waals surface area (Å²) in [4.78, 5) is 151. The molecule has 4 N–H and O–H groups in total. The number of ketones is 1. The molecule has 13 atom stereocenters. The molecule has 3 aliphatic heterocycles. The first-order chi connectivity index (χ1) is 37.5. The number of carbonyl (C=O) groups is 10. The second-order valence-electron chi connectivity index (χ2n) is 23.4. The molecule has 0 saturated carbocycles. The van der Waals surface area contributed by atoms with Crippen molar-refractivity contribution in [2.75, 3.05) is 41.3 Å². The third-order valence-electron chi connectivity index (χ3n) is 15.9. The van der Waals surface area contributed by atoms with Crippen molar-refractivity contribution in [3.63, 3.8) is 0 Å². The lowest BCUT2D eigenvalue weighted by Gasteiger charge is -2.37. The number of nitrogens with zero attached hydrogens (tertiary/aromatic N) is 5. The molecule has 4 rings (SSSR count). The average molecular weight is 1130 g/mol. The van der Waals surface area contributed by atoms with Crippen LogP contribution >= 0.6 is 0 Å². The Morgan fingerprint density at radius 2 is 1.45 bits per heavy atom. The topological polar surface area (TPSA) is 279 Å². The van der Waals surface area contributed by atoms with Gasteiger partial charge in [-0.05, 0) is 101 Å². The minimum Gasteiger partial charge on any atom is -0.497 e. The number of likely N-dealkylation sites (tertiary alicyclic amines) is 1. The molecule has 22 nitrogen and oxygen atoms in total. The summed E-state index contributed by atoms with van der Waals surface area (Å²) in [5.41, 5.74) is 0.573. The second-order valence-corrected chi connectivity index (χ2v) is 23.4. The zero-order valence-electron chi connectivity index (χ0n) is 49.8. The third kappa shape index (κ3) is 16.5. The van der Waals surface area contributed by atoms with Gasteiger partial charge in [0.05, 0.1) is 31.6 Å². The standard InChI is InChI=1S/C58H91N7O15/c1-16-34(8)47-45(67)30-46(68)80-50(33(6)7)49(69)35(9)53(72)62(13)43(28-32(4)5)57(76)65-26-18-20-41(65)56(75)63(14)44(29-38-21-23-39(78-15)24-22-38)58(77)79-37(11)48(52(71)59-47)60-51(70)42(27-31(2)3)61(12)55(74)40-19-17-25-64(40)54(73)36(10)66/h21-24,31-37,40-45,47-48,50,66-67H,16-20,25-30H2,1-15H3,(H,59,71)(H,60,70)/t34-,35-,36-,37+,40-,41-,42+,43-,44-,45-,47-,48-,50-/m0/s1. The molecule has 0 radical (unpaired) electrons. The van der Waals surface area contributed by atoms with E-state index in [1.807, 2.05) is 27.7 Å². The summed E-state index contributed by atoms with van der Waals surface area (Å²) in [5, 5.41) is 27.6. The SMILES string of the molecule is CC[C@H](C)[C@@H]1NC(=O)[C@@H](NC(=O)[C@@H](CC(C)C)N(C)C(=O)[C@@H]2CCCN2C(=O)[C@H](C)O)[C@@H](C)OC(=O)[C@H](Cc2ccc(OC)cc2)N(C)C(=O)[C@@H]2CCCN2C(=O)[C@H](CC(C)C)N(C)C(=O)[C@@H](C)C(=O)[C@H](C(C)C)OC(=O)C[C@@H]1O. The van der Waals surface area contributed by atoms with Gasteiger partial charge in [0.1, 0.15) is 54.2 Å². The van der Waals surface area contributed by atoms with Crippen LogP contribution in [0.15, 0.2) is 24.3 Å². The number of methoxy groups -OCH3 is 1. The molecule has 0 unspecified atom stereocenters. The molecule has 80 heavy (non-hydrogen) atoms. The van der Waals surface area contributed by atoms with Crippen molar-refractivity contribution < 1.29 is 72.4 Å². The number of esters is 2. The number of nitrogens with one attached hydrogen (secondary N) is 2. The molecule has 0 spiro atoms. The Bertz CT molecular complexity index is 2360. The number of aliphatic hydroxyl groups excluding tert-OH is 2. The lowest BCUT2D eigenvalue weighted by atomic mass is 9.91. The lowest BCUT2D eigenvalue weighted by Crippen LogP contribution is -2.62. The van der Waals surface area contributed by atoms with Crippen LogP contribution in [0.25, 0.3) is 0 Å². The van der Waals surface area contributed by atoms with Crippen molar-refractivity contribution in [2.24, 2.45) is 29.6 Å². The van der Waals surface area contributed by atoms with Crippen LogP contribution in [0.5, 0.6) is 5.75 Å². The number of likely N-dealkylation sites (N-methyl/N-ethyl adjacent to an activating group) is 3. The summed E-state index contributed by atoms with van der Waals surface area (Å²) in [7, 11) is 5.72. The number of cyclic esters (lactones) is 2. The van der Waals surface area contributed by atoms with Crippen LogP contribution in [0, 0.1) is 29.6 Å². The van der Waals surface area contributed by atoms with Gasteiger partial charge in [0.2, 0.25) is 35.4 Å². The quantitative estimate of drug-likeness (QED) is 0.145. The number of hydrogen-bond acceptors (Lipinski definition) is 15. The highest BCUT2D eigenvalue weighted by molar-refractivity contribution is 6.05. The fourth-order valence-corrected chi connectivity index (χ4v) is 10.8. The Morgan fingerprint density at radius 1 is 0.838 bits per heavy atom. The molecule has 448 valence electrons. The molecular formula is C58H91N7O15. The average Bonchev–Trinajstić information content (AvgIpc) is 4.12. The van der Waals surface area contributed by atoms with Crippen molar-refractivity contribution in [3.8, 4) is 5.75 Å². The van der Waals surface area contributed by atoms with Crippen molar-refractivity contribution in [1.82, 2.24) is 35.1 Å². The largest absolute Gasteiger partial charge is 0.497 e. The van der Waals surface area contributed by atoms with E-state index in [9.17, 15) is 53.4 Å². The van der Waals surface area contributed by atoms with E-state index in [0.29, 0.717) is 30.6 Å². The Balaban J connectivity index is 1.91. The van der Waals surface area contributed by atoms with Crippen molar-refractivity contribution >= 4 is 59.1 Å². The number of Topliss-reactive ketones (excluding diaryl/α,β-unsaturated/α-hetero) is 1. The normalized spacial score (nSPS) is 27.6. The number of aliphatic hydroxyl groups is 2. The Kier molecular flexibility index (Phi) is 24.5. The number of amides is 7. The van der Waals surface area contributed by atoms with Gasteiger partial charge in [-0.15, -0.1) is 0 Å². The first-order valence-electron chi connectivity index (χ1n) is 28.4. The minimum absolute atomic E-state index is 0.0722. The molecule has 1 aromatic rings. The lowest BCUT2D eigenvalue weighted by molar-refractivity contribution is -0.164. The van der Waals surface area contributed by atoms with Gasteiger partial charge in [0.15, 0.2) is 11.9 Å². The van der Waals surface area contributed by atoms with Crippen molar-refractivity contribution in [1.29, 1.82) is 0 Å². The number of fused-ring (bicyclic) bond motifs is 1. The molecule has 22 heteroatoms. The monoisotopic (exact) mass is 1130 g/mol. The van der Waals surface area contributed by atoms with E-state index >= 15 is 4.79 Å². The molecule has 3 heterocycles. The minimum atomic E-state index is -1.76. The number of hydrogen-bond donors (Lipinski definition) is 4. The fourth-order valence-electron chi connectivity index (χ4n) is 10.8. The van der Waals surface area contributed by atoms with Gasteiger partial charge in [-0.25, -0.2) is 4.79 Å². The predicted octanol–water partition coefficient (Wildman–Crippen LogP) is 2.66. The highest BCUT2D eigenvalue weighted by Crippen LogP contribution is 2.29. The van der Waals surface area contributed by atoms with Gasteiger partial charge in [-0.1, -0.05) is 73.9 Å². The summed E-state index contributed by atoms with van der Waals surface area (Å²) < 4.78 is 17.3. The van der Waals surface area contributed by atoms with E-state index in [1.54, 1.807) is 52.0 Å². The third-order valence-corrected chi connectivity index (χ3v) is 15.9. The summed E-state index contributed by atoms with van der Waals surface area (Å²) in [6, 6.07) is -2.12. The highest BCUT2D eigenvalue weighted by Gasteiger charge is 2.47. The zero-order valence-corrected chi connectivity index (χ0v) is 49.8. The van der Waals surface area contributed by atoms with Gasteiger partial charge in [-0.2, -0.15) is 0 Å². The smallest absolute Gasteiger partial charge is 0.329 e. The van der Waals surface area contributed by atoms with Crippen molar-refractivity contribution in [2.45, 2.75) is 201 Å². The summed E-state index contributed by atoms with van der Waals surface area (Å²) in [5.74, 6) is -10.1. The number of rotatable bonds is 15. The van der Waals surface area contributed by atoms with Crippen LogP contribution in [0.2, 0.25) is 0 Å². The maximum absolute atomic E-state index is 15.0. The summed E-state index contributed by atoms with van der Waals surface area (Å²) in [6.07, 6.45) is -4.96. The van der Waals surface area contributed by atoms with E-state index in [4.69, 9.17) is 14.2 Å². The molecule has 0 aliphatic carbocycles. The van der Waals surface area contributed by atoms with Crippen LogP contribution < -0.4 is 15.4 Å². The number of ether oxygens (including phenoxy) is 3. The Morgan fingerprint density at radius 3 is 2.01 bits per heavy atom. The zero-order chi connectivity index (χ0) is 60.2. The molecule has 0 aromatic heterocycles. The molecule has 3 fully saturated rings. The number of benzene rings is 1. The van der Waals surface area contributed by atoms with Crippen LogP contribution in [0.4, 0.5) is 0 Å². The number of carbonyl (C=O) groups excluding carboxylic acids is 10. The molecule has 7 amide bonds. The van der Waals surface area contributed by atoms with E-state index in [2.05, 4.69) is 10.6 Å². The maximum Gasteiger partial charge on any atom is 0.329 e. The van der Waals surface area contributed by atoms with Crippen LogP contribution in [0.3, 0.4) is 0 Å². The summed E-state index contributed by atoms with van der Waals surface area (Å²) >= 11 is 0. The molecule has 3 saturated heterocycles. The summed E-state index contributed by atoms with van der Waals surface area (Å²) in [6.45, 7) is 18.5. The molecular weight excluding hydrogens is 1030 g/mol. The van der Waals surface area contributed by atoms with Crippen LogP contribution in [0.1, 0.15) is 133 Å². The van der Waals surface area contributed by atoms with Crippen LogP contribution in [-0.2, 0) is 63.8 Å². The first kappa shape index (κ1) is 66.4. The molecule has 1 aromatic carbocycles. The van der Waals surface area contributed by atoms with E-state index in [-0.39, 0.29) is 57.0 Å². The van der Waals surface area contributed by atoms with Gasteiger partial charge in [0.25, 0.3) is 5.91 Å². The predicted molar refractivity (Wildman–Crippen MR) is 295 cm³/mol. The first-order valence-corrected chi connectivity index (χ1v) is 28.4. The van der Waals surface area contributed by atoms with Gasteiger partial charge < -0.3 is 59.6 Å². The highest BCUT2D eigenvalue weighted by atomic mass is 16.6. The van der Waals surface area contributed by atoms with Gasteiger partial charge in [-0.3, -0.25) is 43.2 Å². The van der Waals surface area contributed by atoms with Crippen molar-refractivity contribution in [3.05, 3.63) is 29.8 Å². The Hall–Kier alpha value is -6.16. The second kappa shape index (κ2) is 29.5. The fraction of sp³-hybridized carbons (Fsp3) is 0.724. The van der Waals surface area contributed by atoms with Gasteiger partial charge in [0, 0.05) is 40.7 Å². The van der Waals surface area contributed by atoms with Crippen LogP contribution in [-0.4, -0.2) is 202 Å². The maximum atomic E-state index is 15.0.